The number of rotatable bonds is 5. The third-order valence-corrected chi connectivity index (χ3v) is 5.15. The maximum atomic E-state index is 6.43. The van der Waals surface area contributed by atoms with Crippen LogP contribution in [0.3, 0.4) is 0 Å². The van der Waals surface area contributed by atoms with Crippen molar-refractivity contribution in [3.05, 3.63) is 33.8 Å². The first-order valence-electron chi connectivity index (χ1n) is 6.77. The lowest BCUT2D eigenvalue weighted by Gasteiger charge is -2.49. The minimum absolute atomic E-state index is 0. The van der Waals surface area contributed by atoms with E-state index in [0.29, 0.717) is 11.1 Å². The van der Waals surface area contributed by atoms with Crippen molar-refractivity contribution in [2.24, 2.45) is 0 Å². The van der Waals surface area contributed by atoms with Gasteiger partial charge >= 0.3 is 0 Å². The van der Waals surface area contributed by atoms with E-state index in [9.17, 15) is 0 Å². The Labute approximate surface area is 132 Å². The zero-order valence-electron chi connectivity index (χ0n) is 11.5. The molecule has 19 heavy (non-hydrogen) atoms. The molecule has 4 heteroatoms. The van der Waals surface area contributed by atoms with Crippen LogP contribution >= 0.6 is 35.6 Å². The van der Waals surface area contributed by atoms with Gasteiger partial charge in [0.2, 0.25) is 0 Å². The fraction of sp³-hybridized carbons (Fsp3) is 0.600. The van der Waals surface area contributed by atoms with Crippen LogP contribution in [0.1, 0.15) is 44.6 Å². The Morgan fingerprint density at radius 1 is 1.32 bits per heavy atom. The number of halogens is 3. The minimum Gasteiger partial charge on any atom is -0.316 e. The quantitative estimate of drug-likeness (QED) is 0.783. The molecule has 1 saturated carbocycles. The monoisotopic (exact) mass is 321 g/mol. The molecule has 1 atom stereocenters. The van der Waals surface area contributed by atoms with Gasteiger partial charge in [0, 0.05) is 11.5 Å². The molecule has 1 fully saturated rings. The first-order chi connectivity index (χ1) is 8.65. The smallest absolute Gasteiger partial charge is 0.0630 e. The number of hydrogen-bond acceptors (Lipinski definition) is 1. The van der Waals surface area contributed by atoms with Crippen LogP contribution in [0, 0.1) is 0 Å². The highest BCUT2D eigenvalue weighted by atomic mass is 35.5. The summed E-state index contributed by atoms with van der Waals surface area (Å²) in [5, 5.41) is 4.91. The second-order valence-electron chi connectivity index (χ2n) is 5.24. The van der Waals surface area contributed by atoms with Crippen LogP contribution in [0.25, 0.3) is 0 Å². The van der Waals surface area contributed by atoms with Gasteiger partial charge in [0.25, 0.3) is 0 Å². The van der Waals surface area contributed by atoms with E-state index in [-0.39, 0.29) is 17.8 Å². The highest BCUT2D eigenvalue weighted by Crippen LogP contribution is 2.50. The van der Waals surface area contributed by atoms with Gasteiger partial charge in [-0.2, -0.15) is 0 Å². The van der Waals surface area contributed by atoms with Crippen molar-refractivity contribution in [2.45, 2.75) is 50.5 Å². The predicted molar refractivity (Wildman–Crippen MR) is 87.0 cm³/mol. The van der Waals surface area contributed by atoms with Gasteiger partial charge in [-0.25, -0.2) is 0 Å². The lowest BCUT2D eigenvalue weighted by Crippen LogP contribution is -2.51. The summed E-state index contributed by atoms with van der Waals surface area (Å²) in [6.45, 7) is 2.23. The van der Waals surface area contributed by atoms with E-state index in [4.69, 9.17) is 23.2 Å². The largest absolute Gasteiger partial charge is 0.316 e. The lowest BCUT2D eigenvalue weighted by atomic mass is 9.59. The number of nitrogens with one attached hydrogen (secondary N) is 1. The molecule has 0 heterocycles. The van der Waals surface area contributed by atoms with Crippen LogP contribution in [-0.4, -0.2) is 13.1 Å². The molecule has 1 aromatic carbocycles. The average molecular weight is 323 g/mol. The van der Waals surface area contributed by atoms with Crippen LogP contribution in [-0.2, 0) is 5.41 Å². The topological polar surface area (TPSA) is 12.0 Å². The lowest BCUT2D eigenvalue weighted by molar-refractivity contribution is 0.167. The van der Waals surface area contributed by atoms with Crippen molar-refractivity contribution in [2.75, 3.05) is 7.05 Å². The molecule has 0 spiro atoms. The fourth-order valence-electron chi connectivity index (χ4n) is 3.24. The Balaban J connectivity index is 0.00000180. The number of benzene rings is 1. The van der Waals surface area contributed by atoms with Crippen LogP contribution in [0.15, 0.2) is 18.2 Å². The second kappa shape index (κ2) is 7.17. The standard InChI is InChI=1S/C15H21Cl2N.ClH/c1-3-6-13(18-2)15(9-5-10-15)11-7-4-8-12(16)14(11)17;/h4,7-8,13,18H,3,5-6,9-10H2,1-2H3;1H. The van der Waals surface area contributed by atoms with E-state index < -0.39 is 0 Å². The Bertz CT molecular complexity index is 416. The number of hydrogen-bond donors (Lipinski definition) is 1. The third kappa shape index (κ3) is 3.05. The summed E-state index contributed by atoms with van der Waals surface area (Å²) in [6, 6.07) is 6.52. The molecule has 0 saturated heterocycles. The van der Waals surface area contributed by atoms with E-state index in [2.05, 4.69) is 25.4 Å². The van der Waals surface area contributed by atoms with E-state index in [1.54, 1.807) is 0 Å². The molecule has 0 amide bonds. The maximum Gasteiger partial charge on any atom is 0.0630 e. The fourth-order valence-corrected chi connectivity index (χ4v) is 3.73. The molecule has 1 N–H and O–H groups in total. The molecule has 1 aliphatic rings. The molecule has 1 nitrogen and oxygen atoms in total. The molecule has 2 rings (SSSR count). The summed E-state index contributed by atoms with van der Waals surface area (Å²) in [5.41, 5.74) is 1.42. The third-order valence-electron chi connectivity index (χ3n) is 4.33. The average Bonchev–Trinajstić information content (AvgIpc) is 2.31. The molecule has 0 aromatic heterocycles. The summed E-state index contributed by atoms with van der Waals surface area (Å²) in [7, 11) is 2.05. The second-order valence-corrected chi connectivity index (χ2v) is 6.03. The van der Waals surface area contributed by atoms with Crippen molar-refractivity contribution in [1.82, 2.24) is 5.32 Å². The van der Waals surface area contributed by atoms with E-state index in [0.717, 1.165) is 5.02 Å². The summed E-state index contributed by atoms with van der Waals surface area (Å²) in [5.74, 6) is 0. The van der Waals surface area contributed by atoms with Crippen molar-refractivity contribution >= 4 is 35.6 Å². The Hall–Kier alpha value is 0.0500. The summed E-state index contributed by atoms with van der Waals surface area (Å²) in [4.78, 5) is 0. The maximum absolute atomic E-state index is 6.43. The molecule has 1 aromatic rings. The van der Waals surface area contributed by atoms with Crippen molar-refractivity contribution in [1.29, 1.82) is 0 Å². The van der Waals surface area contributed by atoms with Gasteiger partial charge in [0.15, 0.2) is 0 Å². The van der Waals surface area contributed by atoms with E-state index in [1.165, 1.54) is 37.7 Å². The number of likely N-dealkylation sites (N-methyl/N-ethyl adjacent to an activating group) is 1. The minimum atomic E-state index is 0. The molecule has 0 radical (unpaired) electrons. The SMILES string of the molecule is CCCC(NC)C1(c2cccc(Cl)c2Cl)CCC1.Cl. The van der Waals surface area contributed by atoms with Gasteiger partial charge in [-0.1, -0.05) is 55.1 Å². The van der Waals surface area contributed by atoms with Gasteiger partial charge in [-0.05, 0) is 37.9 Å². The predicted octanol–water partition coefficient (Wildman–Crippen LogP) is 5.23. The zero-order valence-corrected chi connectivity index (χ0v) is 13.8. The van der Waals surface area contributed by atoms with Gasteiger partial charge in [-0.3, -0.25) is 0 Å². The molecule has 0 bridgehead atoms. The Morgan fingerprint density at radius 3 is 2.47 bits per heavy atom. The first-order valence-corrected chi connectivity index (χ1v) is 7.53. The van der Waals surface area contributed by atoms with Gasteiger partial charge in [-0.15, -0.1) is 12.4 Å². The molecule has 0 aliphatic heterocycles. The highest BCUT2D eigenvalue weighted by molar-refractivity contribution is 6.42. The molecule has 1 aliphatic carbocycles. The summed E-state index contributed by atoms with van der Waals surface area (Å²) in [6.07, 6.45) is 6.06. The van der Waals surface area contributed by atoms with E-state index >= 15 is 0 Å². The van der Waals surface area contributed by atoms with E-state index in [1.807, 2.05) is 12.1 Å². The molecule has 108 valence electrons. The highest BCUT2D eigenvalue weighted by Gasteiger charge is 2.45. The van der Waals surface area contributed by atoms with Gasteiger partial charge in [0.05, 0.1) is 10.0 Å². The van der Waals surface area contributed by atoms with Gasteiger partial charge < -0.3 is 5.32 Å². The van der Waals surface area contributed by atoms with Crippen molar-refractivity contribution in [3.8, 4) is 0 Å². The summed E-state index contributed by atoms with van der Waals surface area (Å²) < 4.78 is 0. The van der Waals surface area contributed by atoms with Crippen LogP contribution in [0.2, 0.25) is 10.0 Å². The Kier molecular flexibility index (Phi) is 6.46. The van der Waals surface area contributed by atoms with Crippen molar-refractivity contribution in [3.63, 3.8) is 0 Å². The molecular weight excluding hydrogens is 301 g/mol. The van der Waals surface area contributed by atoms with Crippen LogP contribution < -0.4 is 5.32 Å². The zero-order chi connectivity index (χ0) is 13.2. The molecular formula is C15H22Cl3N. The Morgan fingerprint density at radius 2 is 2.00 bits per heavy atom. The molecule has 1 unspecified atom stereocenters. The first kappa shape index (κ1) is 17.1. The normalized spacial score (nSPS) is 18.3. The van der Waals surface area contributed by atoms with Crippen LogP contribution in [0.4, 0.5) is 0 Å². The van der Waals surface area contributed by atoms with Gasteiger partial charge in [0.1, 0.15) is 0 Å². The van der Waals surface area contributed by atoms with Crippen LogP contribution in [0.5, 0.6) is 0 Å². The summed E-state index contributed by atoms with van der Waals surface area (Å²) >= 11 is 12.6. The van der Waals surface area contributed by atoms with Crippen molar-refractivity contribution < 1.29 is 0 Å².